The van der Waals surface area contributed by atoms with Gasteiger partial charge in [0.15, 0.2) is 0 Å². The summed E-state index contributed by atoms with van der Waals surface area (Å²) in [5.41, 5.74) is 3.64. The molecule has 0 aromatic heterocycles. The largest absolute Gasteiger partial charge is 4.00 e. The Balaban J connectivity index is -0.000000109. The van der Waals surface area contributed by atoms with Crippen LogP contribution in [-0.4, -0.2) is 5.60 Å². The minimum Gasteiger partial charge on any atom is -1.00 e. The molecule has 0 unspecified atom stereocenters. The monoisotopic (exact) mass is 326 g/mol. The minimum absolute atomic E-state index is 0. The van der Waals surface area contributed by atoms with Crippen LogP contribution in [-0.2, 0) is 21.7 Å². The topological polar surface area (TPSA) is 23.1 Å². The third-order valence-electron chi connectivity index (χ3n) is 2.56. The summed E-state index contributed by atoms with van der Waals surface area (Å²) >= 11 is 0. The number of allylic oxidation sites excluding steroid dienone is 4. The molecule has 4 heteroatoms. The molecule has 0 aromatic carbocycles. The van der Waals surface area contributed by atoms with E-state index >= 15 is 0 Å². The molecular weight excluding hydrogens is 303 g/mol. The predicted octanol–water partition coefficient (Wildman–Crippen LogP) is -2.74. The zero-order valence-corrected chi connectivity index (χ0v) is 15.7. The molecule has 0 aromatic rings. The van der Waals surface area contributed by atoms with E-state index in [2.05, 4.69) is 40.7 Å². The van der Waals surface area contributed by atoms with Gasteiger partial charge in [0.1, 0.15) is 0 Å². The fraction of sp³-hybridized carbons (Fsp3) is 0.714. The van der Waals surface area contributed by atoms with Crippen LogP contribution in [0.1, 0.15) is 55.4 Å². The second kappa shape index (κ2) is 9.61. The molecule has 18 heavy (non-hydrogen) atoms. The average Bonchev–Trinajstić information content (AvgIpc) is 2.11. The molecule has 1 rings (SSSR count). The summed E-state index contributed by atoms with van der Waals surface area (Å²) in [5.74, 6) is 0. The quantitative estimate of drug-likeness (QED) is 0.350. The second-order valence-electron chi connectivity index (χ2n) is 5.74. The zero-order valence-electron chi connectivity index (χ0n) is 12.7. The summed E-state index contributed by atoms with van der Waals surface area (Å²) in [4.78, 5) is 0. The Hall–Kier alpha value is 0.734. The Kier molecular flexibility index (Phi) is 14.5. The van der Waals surface area contributed by atoms with Crippen LogP contribution in [0.15, 0.2) is 16.7 Å². The van der Waals surface area contributed by atoms with Gasteiger partial charge >= 0.3 is 21.7 Å². The maximum absolute atomic E-state index is 10.1. The Bertz CT molecular complexity index is 293. The standard InChI is InChI=1S/C10H15.C4H9O.2ClH.Ti/c1-7-6-10(4,5)9(3)8(7)2;1-4(2,3)5;;;/h1-5H3;1-3H3;2*1H;/q2*-1;;;+4/p-2. The molecule has 0 heterocycles. The maximum atomic E-state index is 10.1. The van der Waals surface area contributed by atoms with Gasteiger partial charge in [0.05, 0.1) is 0 Å². The minimum atomic E-state index is -0.750. The van der Waals surface area contributed by atoms with Crippen LogP contribution >= 0.6 is 0 Å². The van der Waals surface area contributed by atoms with Gasteiger partial charge in [0, 0.05) is 0 Å². The van der Waals surface area contributed by atoms with Crippen molar-refractivity contribution in [2.45, 2.75) is 61.0 Å². The van der Waals surface area contributed by atoms with E-state index in [1.54, 1.807) is 20.8 Å². The summed E-state index contributed by atoms with van der Waals surface area (Å²) in [7, 11) is 0. The van der Waals surface area contributed by atoms with Gasteiger partial charge in [-0.05, 0) is 0 Å². The van der Waals surface area contributed by atoms with Crippen molar-refractivity contribution in [2.24, 2.45) is 5.41 Å². The smallest absolute Gasteiger partial charge is 1.00 e. The molecule has 1 aliphatic rings. The molecule has 104 valence electrons. The summed E-state index contributed by atoms with van der Waals surface area (Å²) in [6, 6.07) is 0. The molecule has 1 nitrogen and oxygen atoms in total. The van der Waals surface area contributed by atoms with Crippen molar-refractivity contribution in [1.29, 1.82) is 0 Å². The fourth-order valence-corrected chi connectivity index (χ4v) is 1.41. The van der Waals surface area contributed by atoms with Gasteiger partial charge in [-0.1, -0.05) is 53.9 Å². The third-order valence-corrected chi connectivity index (χ3v) is 2.56. The summed E-state index contributed by atoms with van der Waals surface area (Å²) in [5, 5.41) is 10.1. The third kappa shape index (κ3) is 10.6. The zero-order chi connectivity index (χ0) is 12.4. The number of rotatable bonds is 0. The molecule has 0 fully saturated rings. The summed E-state index contributed by atoms with van der Waals surface area (Å²) < 4.78 is 0. The molecule has 0 amide bonds. The van der Waals surface area contributed by atoms with Crippen molar-refractivity contribution < 1.29 is 51.6 Å². The van der Waals surface area contributed by atoms with E-state index in [9.17, 15) is 5.11 Å². The van der Waals surface area contributed by atoms with Crippen molar-refractivity contribution in [3.8, 4) is 0 Å². The van der Waals surface area contributed by atoms with E-state index in [1.165, 1.54) is 16.7 Å². The van der Waals surface area contributed by atoms with Crippen molar-refractivity contribution in [2.75, 3.05) is 0 Å². The van der Waals surface area contributed by atoms with Crippen LogP contribution in [0.2, 0.25) is 0 Å². The van der Waals surface area contributed by atoms with Gasteiger partial charge < -0.3 is 29.9 Å². The van der Waals surface area contributed by atoms with Crippen LogP contribution in [0.3, 0.4) is 0 Å². The molecule has 0 atom stereocenters. The van der Waals surface area contributed by atoms with Crippen LogP contribution in [0.25, 0.3) is 0 Å². The first-order valence-corrected chi connectivity index (χ1v) is 5.45. The van der Waals surface area contributed by atoms with Gasteiger partial charge in [-0.15, -0.1) is 12.5 Å². The van der Waals surface area contributed by atoms with Gasteiger partial charge in [-0.3, -0.25) is 6.08 Å². The molecule has 0 bridgehead atoms. The Morgan fingerprint density at radius 1 is 1.00 bits per heavy atom. The molecule has 0 spiro atoms. The van der Waals surface area contributed by atoms with E-state index in [-0.39, 0.29) is 51.9 Å². The maximum Gasteiger partial charge on any atom is 4.00 e. The van der Waals surface area contributed by atoms with E-state index in [1.807, 2.05) is 0 Å². The second-order valence-corrected chi connectivity index (χ2v) is 5.74. The summed E-state index contributed by atoms with van der Waals surface area (Å²) in [6.45, 7) is 15.8. The summed E-state index contributed by atoms with van der Waals surface area (Å²) in [6.07, 6.45) is 3.44. The van der Waals surface area contributed by atoms with Crippen molar-refractivity contribution in [3.05, 3.63) is 22.8 Å². The van der Waals surface area contributed by atoms with Crippen LogP contribution < -0.4 is 29.9 Å². The first-order valence-electron chi connectivity index (χ1n) is 5.45. The van der Waals surface area contributed by atoms with Gasteiger partial charge in [0.2, 0.25) is 0 Å². The van der Waals surface area contributed by atoms with Crippen molar-refractivity contribution >= 4 is 0 Å². The van der Waals surface area contributed by atoms with Crippen LogP contribution in [0.5, 0.6) is 0 Å². The van der Waals surface area contributed by atoms with Gasteiger partial charge in [-0.2, -0.15) is 11.1 Å². The SMILES string of the molecule is CC(C)(C)[O-].CC1=[C-]C(C)(C)C(C)=C1C.[Cl-].[Cl-].[Ti+4]. The van der Waals surface area contributed by atoms with E-state index < -0.39 is 5.60 Å². The van der Waals surface area contributed by atoms with Crippen LogP contribution in [0, 0.1) is 11.5 Å². The van der Waals surface area contributed by atoms with E-state index in [0.717, 1.165) is 0 Å². The van der Waals surface area contributed by atoms with E-state index in [0.29, 0.717) is 0 Å². The molecular formula is C14H24Cl2OTi. The predicted molar refractivity (Wildman–Crippen MR) is 64.3 cm³/mol. The Morgan fingerprint density at radius 2 is 1.28 bits per heavy atom. The molecule has 1 aliphatic carbocycles. The normalized spacial score (nSPS) is 16.4. The molecule has 0 saturated carbocycles. The number of hydrogen-bond donors (Lipinski definition) is 0. The molecule has 0 radical (unpaired) electrons. The fourth-order valence-electron chi connectivity index (χ4n) is 1.41. The molecule has 0 aliphatic heterocycles. The van der Waals surface area contributed by atoms with Crippen molar-refractivity contribution in [3.63, 3.8) is 0 Å². The number of halogens is 2. The molecule has 0 saturated heterocycles. The van der Waals surface area contributed by atoms with Gasteiger partial charge in [0.25, 0.3) is 0 Å². The first-order chi connectivity index (χ1) is 6.45. The first kappa shape index (κ1) is 27.1. The Morgan fingerprint density at radius 3 is 1.33 bits per heavy atom. The van der Waals surface area contributed by atoms with Crippen LogP contribution in [0.4, 0.5) is 0 Å². The average molecular weight is 327 g/mol. The van der Waals surface area contributed by atoms with E-state index in [4.69, 9.17) is 0 Å². The van der Waals surface area contributed by atoms with Gasteiger partial charge in [-0.25, -0.2) is 5.57 Å². The Labute approximate surface area is 140 Å². The molecule has 0 N–H and O–H groups in total. The van der Waals surface area contributed by atoms with Crippen molar-refractivity contribution in [1.82, 2.24) is 0 Å². The number of hydrogen-bond acceptors (Lipinski definition) is 1.